The molecule has 0 amide bonds. The minimum absolute atomic E-state index is 0.0577. The van der Waals surface area contributed by atoms with Crippen molar-refractivity contribution in [2.45, 2.75) is 38.5 Å². The topological polar surface area (TPSA) is 113 Å². The normalized spacial score (nSPS) is 23.9. The summed E-state index contributed by atoms with van der Waals surface area (Å²) < 4.78 is 5.82. The molecule has 8 heteroatoms. The van der Waals surface area contributed by atoms with E-state index in [2.05, 4.69) is 27.0 Å². The second-order valence-corrected chi connectivity index (χ2v) is 8.25. The van der Waals surface area contributed by atoms with Crippen LogP contribution in [-0.2, 0) is 11.3 Å². The first-order valence-electron chi connectivity index (χ1n) is 10.1. The Labute approximate surface area is 169 Å². The first kappa shape index (κ1) is 18.5. The Kier molecular flexibility index (Phi) is 4.49. The lowest BCUT2D eigenvalue weighted by molar-refractivity contribution is 0.0973. The number of ether oxygens (including phenoxy) is 1. The molecule has 0 radical (unpaired) electrons. The molecule has 4 N–H and O–H groups in total. The lowest BCUT2D eigenvalue weighted by Crippen LogP contribution is -2.51. The molecule has 5 rings (SSSR count). The smallest absolute Gasteiger partial charge is 0.152 e. The molecule has 2 atom stereocenters. The Morgan fingerprint density at radius 1 is 1.31 bits per heavy atom. The van der Waals surface area contributed by atoms with E-state index in [1.807, 2.05) is 18.2 Å². The number of aromatic amines is 1. The summed E-state index contributed by atoms with van der Waals surface area (Å²) in [6.07, 6.45) is 5.61. The largest absolute Gasteiger partial charge is 0.390 e. The SMILES string of the molecule is C[C@@H]1OCC2(CCN(c3ncc(-c4ccc5cn[nH]c5c4)nc3CO)CC2)[C@@H]1N. The van der Waals surface area contributed by atoms with Crippen LogP contribution in [0.4, 0.5) is 5.82 Å². The standard InChI is InChI=1S/C21H26N6O2/c1-13-19(22)21(12-29-13)4-6-27(7-5-21)20-18(11-28)25-17(10-23-20)14-2-3-15-9-24-26-16(15)8-14/h2-3,8-10,13,19,28H,4-7,11-12,22H2,1H3,(H,24,26)/t13-,19+/m0/s1. The van der Waals surface area contributed by atoms with Gasteiger partial charge in [0.05, 0.1) is 42.9 Å². The van der Waals surface area contributed by atoms with E-state index in [0.29, 0.717) is 5.69 Å². The maximum absolute atomic E-state index is 9.96. The number of anilines is 1. The van der Waals surface area contributed by atoms with Gasteiger partial charge in [0, 0.05) is 35.5 Å². The van der Waals surface area contributed by atoms with Crippen LogP contribution in [0, 0.1) is 5.41 Å². The Balaban J connectivity index is 1.39. The van der Waals surface area contributed by atoms with Crippen LogP contribution in [0.15, 0.2) is 30.6 Å². The van der Waals surface area contributed by atoms with E-state index in [9.17, 15) is 5.11 Å². The predicted molar refractivity (Wildman–Crippen MR) is 110 cm³/mol. The zero-order valence-corrected chi connectivity index (χ0v) is 16.5. The van der Waals surface area contributed by atoms with Crippen molar-refractivity contribution in [3.63, 3.8) is 0 Å². The molecule has 1 spiro atoms. The Hall–Kier alpha value is -2.55. The number of nitrogens with two attached hydrogens (primary N) is 1. The van der Waals surface area contributed by atoms with Crippen molar-refractivity contribution in [3.05, 3.63) is 36.3 Å². The molecule has 2 aromatic heterocycles. The van der Waals surface area contributed by atoms with Crippen molar-refractivity contribution in [3.8, 4) is 11.3 Å². The number of fused-ring (bicyclic) bond motifs is 1. The van der Waals surface area contributed by atoms with Gasteiger partial charge in [-0.1, -0.05) is 12.1 Å². The molecule has 8 nitrogen and oxygen atoms in total. The minimum Gasteiger partial charge on any atom is -0.390 e. The zero-order valence-electron chi connectivity index (χ0n) is 16.5. The van der Waals surface area contributed by atoms with E-state index in [1.54, 1.807) is 12.4 Å². The highest BCUT2D eigenvalue weighted by molar-refractivity contribution is 5.83. The highest BCUT2D eigenvalue weighted by Gasteiger charge is 2.47. The van der Waals surface area contributed by atoms with Crippen LogP contribution in [0.5, 0.6) is 0 Å². The number of aliphatic hydroxyl groups excluding tert-OH is 1. The van der Waals surface area contributed by atoms with Gasteiger partial charge >= 0.3 is 0 Å². The van der Waals surface area contributed by atoms with Crippen LogP contribution in [0.25, 0.3) is 22.2 Å². The van der Waals surface area contributed by atoms with E-state index >= 15 is 0 Å². The lowest BCUT2D eigenvalue weighted by Gasteiger charge is -2.41. The molecule has 0 unspecified atom stereocenters. The van der Waals surface area contributed by atoms with Crippen molar-refractivity contribution in [1.29, 1.82) is 0 Å². The third-order valence-corrected chi connectivity index (χ3v) is 6.62. The van der Waals surface area contributed by atoms with Gasteiger partial charge in [-0.25, -0.2) is 9.97 Å². The molecular formula is C21H26N6O2. The first-order valence-corrected chi connectivity index (χ1v) is 10.1. The number of nitrogens with one attached hydrogen (secondary N) is 1. The predicted octanol–water partition coefficient (Wildman–Crippen LogP) is 1.84. The van der Waals surface area contributed by atoms with Gasteiger partial charge in [-0.05, 0) is 25.8 Å². The maximum atomic E-state index is 9.96. The number of rotatable bonds is 3. The van der Waals surface area contributed by atoms with Crippen molar-refractivity contribution >= 4 is 16.7 Å². The molecule has 2 aliphatic heterocycles. The van der Waals surface area contributed by atoms with Crippen LogP contribution >= 0.6 is 0 Å². The Bertz CT molecular complexity index is 1030. The summed E-state index contributed by atoms with van der Waals surface area (Å²) in [5.41, 5.74) is 9.71. The van der Waals surface area contributed by atoms with Gasteiger partial charge in [0.1, 0.15) is 5.69 Å². The van der Waals surface area contributed by atoms with Crippen LogP contribution in [0.3, 0.4) is 0 Å². The van der Waals surface area contributed by atoms with Crippen molar-refractivity contribution < 1.29 is 9.84 Å². The molecule has 4 heterocycles. The molecule has 0 saturated carbocycles. The molecule has 0 aliphatic carbocycles. The quantitative estimate of drug-likeness (QED) is 0.621. The molecule has 3 aromatic rings. The van der Waals surface area contributed by atoms with E-state index < -0.39 is 0 Å². The third-order valence-electron chi connectivity index (χ3n) is 6.62. The molecule has 2 saturated heterocycles. The van der Waals surface area contributed by atoms with E-state index in [0.717, 1.165) is 60.5 Å². The van der Waals surface area contributed by atoms with Crippen molar-refractivity contribution in [2.24, 2.45) is 11.1 Å². The van der Waals surface area contributed by atoms with Gasteiger partial charge in [-0.3, -0.25) is 5.10 Å². The van der Waals surface area contributed by atoms with E-state index in [-0.39, 0.29) is 24.2 Å². The van der Waals surface area contributed by atoms with E-state index in [4.69, 9.17) is 15.5 Å². The van der Waals surface area contributed by atoms with Crippen LogP contribution in [0.1, 0.15) is 25.5 Å². The van der Waals surface area contributed by atoms with Crippen LogP contribution in [0.2, 0.25) is 0 Å². The number of aliphatic hydroxyl groups is 1. The van der Waals surface area contributed by atoms with Crippen molar-refractivity contribution in [1.82, 2.24) is 20.2 Å². The fourth-order valence-corrected chi connectivity index (χ4v) is 4.66. The summed E-state index contributed by atoms with van der Waals surface area (Å²) >= 11 is 0. The van der Waals surface area contributed by atoms with Gasteiger partial charge in [0.25, 0.3) is 0 Å². The van der Waals surface area contributed by atoms with Crippen LogP contribution in [-0.4, -0.2) is 57.1 Å². The number of aromatic nitrogens is 4. The summed E-state index contributed by atoms with van der Waals surface area (Å²) in [5, 5.41) is 18.0. The fraction of sp³-hybridized carbons (Fsp3) is 0.476. The summed E-state index contributed by atoms with van der Waals surface area (Å²) in [4.78, 5) is 11.6. The number of H-pyrrole nitrogens is 1. The van der Waals surface area contributed by atoms with Gasteiger partial charge in [0.15, 0.2) is 5.82 Å². The second kappa shape index (κ2) is 7.05. The Morgan fingerprint density at radius 3 is 2.86 bits per heavy atom. The zero-order chi connectivity index (χ0) is 20.0. The average Bonchev–Trinajstić information content (AvgIpc) is 3.34. The highest BCUT2D eigenvalue weighted by Crippen LogP contribution is 2.42. The fourth-order valence-electron chi connectivity index (χ4n) is 4.66. The number of benzene rings is 1. The minimum atomic E-state index is -0.149. The van der Waals surface area contributed by atoms with E-state index in [1.165, 1.54) is 0 Å². The number of hydrogen-bond acceptors (Lipinski definition) is 7. The molecule has 2 fully saturated rings. The van der Waals surface area contributed by atoms with Gasteiger partial charge in [-0.2, -0.15) is 5.10 Å². The molecule has 152 valence electrons. The summed E-state index contributed by atoms with van der Waals surface area (Å²) in [5.74, 6) is 0.759. The van der Waals surface area contributed by atoms with Crippen molar-refractivity contribution in [2.75, 3.05) is 24.6 Å². The summed E-state index contributed by atoms with van der Waals surface area (Å²) in [7, 11) is 0. The molecule has 2 aliphatic rings. The Morgan fingerprint density at radius 2 is 2.14 bits per heavy atom. The first-order chi connectivity index (χ1) is 14.1. The summed E-state index contributed by atoms with van der Waals surface area (Å²) in [6.45, 7) is 4.32. The second-order valence-electron chi connectivity index (χ2n) is 8.25. The lowest BCUT2D eigenvalue weighted by atomic mass is 9.73. The van der Waals surface area contributed by atoms with Gasteiger partial charge in [-0.15, -0.1) is 0 Å². The average molecular weight is 394 g/mol. The van der Waals surface area contributed by atoms with Gasteiger partial charge in [0.2, 0.25) is 0 Å². The monoisotopic (exact) mass is 394 g/mol. The van der Waals surface area contributed by atoms with Gasteiger partial charge < -0.3 is 20.5 Å². The molecule has 0 bridgehead atoms. The third kappa shape index (κ3) is 3.08. The molecule has 29 heavy (non-hydrogen) atoms. The highest BCUT2D eigenvalue weighted by atomic mass is 16.5. The van der Waals surface area contributed by atoms with Crippen LogP contribution < -0.4 is 10.6 Å². The summed E-state index contributed by atoms with van der Waals surface area (Å²) in [6, 6.07) is 6.07. The molecular weight excluding hydrogens is 368 g/mol. The number of piperidine rings is 1. The maximum Gasteiger partial charge on any atom is 0.152 e. The molecule has 1 aromatic carbocycles. The number of nitrogens with zero attached hydrogens (tertiary/aromatic N) is 4. The number of hydrogen-bond donors (Lipinski definition) is 3.